The zero-order valence-corrected chi connectivity index (χ0v) is 12.7. The van der Waals surface area contributed by atoms with E-state index in [1.54, 1.807) is 14.2 Å². The predicted octanol–water partition coefficient (Wildman–Crippen LogP) is 5.04. The normalized spacial score (nSPS) is 10.3. The molecular formula is C20H18O2. The van der Waals surface area contributed by atoms with Crippen molar-refractivity contribution in [2.24, 2.45) is 0 Å². The summed E-state index contributed by atoms with van der Waals surface area (Å²) in [5.74, 6) is 1.68. The molecule has 0 heterocycles. The minimum absolute atomic E-state index is 0.818. The summed E-state index contributed by atoms with van der Waals surface area (Å²) in [7, 11) is 3.39. The van der Waals surface area contributed by atoms with Crippen molar-refractivity contribution in [1.29, 1.82) is 0 Å². The van der Waals surface area contributed by atoms with Crippen LogP contribution in [0.25, 0.3) is 22.3 Å². The second kappa shape index (κ2) is 6.35. The van der Waals surface area contributed by atoms with Crippen LogP contribution in [0, 0.1) is 0 Å². The van der Waals surface area contributed by atoms with Gasteiger partial charge in [0.2, 0.25) is 0 Å². The molecule has 3 rings (SSSR count). The molecule has 2 heteroatoms. The van der Waals surface area contributed by atoms with Crippen molar-refractivity contribution in [1.82, 2.24) is 0 Å². The predicted molar refractivity (Wildman–Crippen MR) is 90.4 cm³/mol. The lowest BCUT2D eigenvalue weighted by Crippen LogP contribution is -1.94. The molecule has 0 atom stereocenters. The van der Waals surface area contributed by atoms with Crippen LogP contribution in [0.4, 0.5) is 0 Å². The van der Waals surface area contributed by atoms with E-state index >= 15 is 0 Å². The van der Waals surface area contributed by atoms with Crippen molar-refractivity contribution < 1.29 is 9.47 Å². The van der Waals surface area contributed by atoms with Crippen molar-refractivity contribution in [3.05, 3.63) is 72.8 Å². The summed E-state index contributed by atoms with van der Waals surface area (Å²) in [4.78, 5) is 0. The highest BCUT2D eigenvalue weighted by Gasteiger charge is 2.15. The molecule has 0 aliphatic carbocycles. The molecule has 0 unspecified atom stereocenters. The van der Waals surface area contributed by atoms with Crippen LogP contribution in [0.15, 0.2) is 72.8 Å². The summed E-state index contributed by atoms with van der Waals surface area (Å²) in [5, 5.41) is 0. The first-order valence-electron chi connectivity index (χ1n) is 7.20. The van der Waals surface area contributed by atoms with Crippen LogP contribution >= 0.6 is 0 Å². The van der Waals surface area contributed by atoms with Crippen LogP contribution in [0.2, 0.25) is 0 Å². The van der Waals surface area contributed by atoms with Gasteiger partial charge in [-0.05, 0) is 23.3 Å². The third-order valence-corrected chi connectivity index (χ3v) is 3.67. The molecule has 3 aromatic carbocycles. The molecule has 0 saturated heterocycles. The standard InChI is InChI=1S/C20H18O2/c1-21-17-13-18(15-9-5-3-6-10-15)20(22-2)19(14-17)16-11-7-4-8-12-16/h3-14H,1-2H3. The van der Waals surface area contributed by atoms with E-state index in [1.165, 1.54) is 0 Å². The van der Waals surface area contributed by atoms with E-state index in [0.717, 1.165) is 33.8 Å². The van der Waals surface area contributed by atoms with Crippen LogP contribution in [-0.4, -0.2) is 14.2 Å². The second-order valence-corrected chi connectivity index (χ2v) is 4.99. The van der Waals surface area contributed by atoms with E-state index < -0.39 is 0 Å². The fraction of sp³-hybridized carbons (Fsp3) is 0.100. The third kappa shape index (κ3) is 2.68. The highest BCUT2D eigenvalue weighted by Crippen LogP contribution is 2.41. The Kier molecular flexibility index (Phi) is 4.10. The molecule has 22 heavy (non-hydrogen) atoms. The largest absolute Gasteiger partial charge is 0.497 e. The van der Waals surface area contributed by atoms with E-state index in [1.807, 2.05) is 48.5 Å². The van der Waals surface area contributed by atoms with Crippen LogP contribution in [0.5, 0.6) is 11.5 Å². The monoisotopic (exact) mass is 290 g/mol. The molecule has 110 valence electrons. The Labute approximate surface area is 131 Å². The zero-order valence-electron chi connectivity index (χ0n) is 12.7. The maximum absolute atomic E-state index is 5.73. The van der Waals surface area contributed by atoms with Gasteiger partial charge in [0.1, 0.15) is 11.5 Å². The van der Waals surface area contributed by atoms with Gasteiger partial charge in [-0.15, -0.1) is 0 Å². The van der Waals surface area contributed by atoms with Gasteiger partial charge in [0.05, 0.1) is 14.2 Å². The Morgan fingerprint density at radius 2 is 1.05 bits per heavy atom. The highest BCUT2D eigenvalue weighted by molar-refractivity contribution is 5.84. The van der Waals surface area contributed by atoms with Gasteiger partial charge in [0.15, 0.2) is 0 Å². The smallest absolute Gasteiger partial charge is 0.134 e. The zero-order chi connectivity index (χ0) is 15.4. The quantitative estimate of drug-likeness (QED) is 0.670. The average Bonchev–Trinajstić information content (AvgIpc) is 2.62. The fourth-order valence-corrected chi connectivity index (χ4v) is 2.60. The van der Waals surface area contributed by atoms with Crippen molar-refractivity contribution in [2.45, 2.75) is 0 Å². The Hall–Kier alpha value is -2.74. The SMILES string of the molecule is COc1cc(-c2ccccc2)c(OC)c(-c2ccccc2)c1. The van der Waals surface area contributed by atoms with Crippen LogP contribution < -0.4 is 9.47 Å². The first-order chi connectivity index (χ1) is 10.8. The lowest BCUT2D eigenvalue weighted by Gasteiger charge is -2.16. The summed E-state index contributed by atoms with van der Waals surface area (Å²) in [6.07, 6.45) is 0. The van der Waals surface area contributed by atoms with Gasteiger partial charge in [-0.3, -0.25) is 0 Å². The lowest BCUT2D eigenvalue weighted by atomic mass is 9.96. The van der Waals surface area contributed by atoms with Gasteiger partial charge in [-0.2, -0.15) is 0 Å². The Balaban J connectivity index is 2.26. The fourth-order valence-electron chi connectivity index (χ4n) is 2.60. The molecule has 0 N–H and O–H groups in total. The molecule has 0 fully saturated rings. The van der Waals surface area contributed by atoms with Crippen molar-refractivity contribution in [3.8, 4) is 33.8 Å². The molecule has 0 aliphatic heterocycles. The Bertz CT molecular complexity index is 689. The number of ether oxygens (including phenoxy) is 2. The van der Waals surface area contributed by atoms with E-state index in [0.29, 0.717) is 0 Å². The number of hydrogen-bond donors (Lipinski definition) is 0. The maximum Gasteiger partial charge on any atom is 0.134 e. The molecule has 2 nitrogen and oxygen atoms in total. The summed E-state index contributed by atoms with van der Waals surface area (Å²) >= 11 is 0. The molecule has 0 bridgehead atoms. The van der Waals surface area contributed by atoms with Gasteiger partial charge < -0.3 is 9.47 Å². The molecule has 0 amide bonds. The number of methoxy groups -OCH3 is 2. The van der Waals surface area contributed by atoms with Crippen molar-refractivity contribution in [3.63, 3.8) is 0 Å². The second-order valence-electron chi connectivity index (χ2n) is 4.99. The first-order valence-corrected chi connectivity index (χ1v) is 7.20. The van der Waals surface area contributed by atoms with E-state index in [9.17, 15) is 0 Å². The van der Waals surface area contributed by atoms with Crippen molar-refractivity contribution >= 4 is 0 Å². The molecule has 0 spiro atoms. The van der Waals surface area contributed by atoms with Gasteiger partial charge in [-0.25, -0.2) is 0 Å². The van der Waals surface area contributed by atoms with E-state index in [-0.39, 0.29) is 0 Å². The van der Waals surface area contributed by atoms with Crippen LogP contribution in [0.3, 0.4) is 0 Å². The van der Waals surface area contributed by atoms with Crippen LogP contribution in [0.1, 0.15) is 0 Å². The molecule has 0 aliphatic rings. The van der Waals surface area contributed by atoms with Crippen molar-refractivity contribution in [2.75, 3.05) is 14.2 Å². The average molecular weight is 290 g/mol. The summed E-state index contributed by atoms with van der Waals surface area (Å²) in [5.41, 5.74) is 4.27. The lowest BCUT2D eigenvalue weighted by molar-refractivity contribution is 0.406. The number of hydrogen-bond acceptors (Lipinski definition) is 2. The van der Waals surface area contributed by atoms with E-state index in [4.69, 9.17) is 9.47 Å². The Morgan fingerprint density at radius 3 is 1.41 bits per heavy atom. The van der Waals surface area contributed by atoms with Gasteiger partial charge in [0.25, 0.3) is 0 Å². The molecule has 3 aromatic rings. The summed E-state index contributed by atoms with van der Waals surface area (Å²) in [6.45, 7) is 0. The maximum atomic E-state index is 5.73. The minimum Gasteiger partial charge on any atom is -0.497 e. The first kappa shape index (κ1) is 14.2. The minimum atomic E-state index is 0.818. The molecule has 0 saturated carbocycles. The van der Waals surface area contributed by atoms with Gasteiger partial charge in [-0.1, -0.05) is 60.7 Å². The molecule has 0 aromatic heterocycles. The molecular weight excluding hydrogens is 272 g/mol. The van der Waals surface area contributed by atoms with Crippen LogP contribution in [-0.2, 0) is 0 Å². The topological polar surface area (TPSA) is 18.5 Å². The number of rotatable bonds is 4. The van der Waals surface area contributed by atoms with Gasteiger partial charge in [0, 0.05) is 11.1 Å². The van der Waals surface area contributed by atoms with Gasteiger partial charge >= 0.3 is 0 Å². The Morgan fingerprint density at radius 1 is 0.591 bits per heavy atom. The van der Waals surface area contributed by atoms with E-state index in [2.05, 4.69) is 24.3 Å². The molecule has 0 radical (unpaired) electrons. The third-order valence-electron chi connectivity index (χ3n) is 3.67. The summed E-state index contributed by atoms with van der Waals surface area (Å²) < 4.78 is 11.2. The summed E-state index contributed by atoms with van der Waals surface area (Å²) in [6, 6.07) is 24.4. The number of benzene rings is 3. The highest BCUT2D eigenvalue weighted by atomic mass is 16.5.